The third-order valence-electron chi connectivity index (χ3n) is 2.40. The fourth-order valence-electron chi connectivity index (χ4n) is 1.40. The first kappa shape index (κ1) is 15.9. The summed E-state index contributed by atoms with van der Waals surface area (Å²) in [5, 5.41) is 0. The minimum absolute atomic E-state index is 0.733. The summed E-state index contributed by atoms with van der Waals surface area (Å²) in [4.78, 5) is 0. The molecule has 0 bridgehead atoms. The Labute approximate surface area is 100 Å². The topological polar surface area (TPSA) is 27.7 Å². The second kappa shape index (κ2) is 14.9. The summed E-state index contributed by atoms with van der Waals surface area (Å²) >= 11 is 0. The molecule has 0 aromatic heterocycles. The molecule has 3 nitrogen and oxygen atoms in total. The van der Waals surface area contributed by atoms with Gasteiger partial charge in [0.05, 0.1) is 13.2 Å². The van der Waals surface area contributed by atoms with Gasteiger partial charge < -0.3 is 14.2 Å². The highest BCUT2D eigenvalue weighted by atomic mass is 16.5. The number of ether oxygens (including phenoxy) is 3. The van der Waals surface area contributed by atoms with Gasteiger partial charge in [0, 0.05) is 26.9 Å². The highest BCUT2D eigenvalue weighted by Gasteiger charge is 1.92. The van der Waals surface area contributed by atoms with Crippen molar-refractivity contribution in [2.75, 3.05) is 40.1 Å². The van der Waals surface area contributed by atoms with Crippen molar-refractivity contribution < 1.29 is 14.2 Å². The van der Waals surface area contributed by atoms with Crippen molar-refractivity contribution in [3.8, 4) is 0 Å². The third kappa shape index (κ3) is 13.9. The van der Waals surface area contributed by atoms with Crippen LogP contribution in [0.25, 0.3) is 0 Å². The van der Waals surface area contributed by atoms with Crippen LogP contribution in [0, 0.1) is 0 Å². The van der Waals surface area contributed by atoms with E-state index in [4.69, 9.17) is 14.2 Å². The second-order valence-electron chi connectivity index (χ2n) is 3.99. The predicted molar refractivity (Wildman–Crippen MR) is 66.9 cm³/mol. The summed E-state index contributed by atoms with van der Waals surface area (Å²) in [6, 6.07) is 0. The van der Waals surface area contributed by atoms with Gasteiger partial charge in [-0.05, 0) is 25.7 Å². The van der Waals surface area contributed by atoms with Crippen molar-refractivity contribution in [1.29, 1.82) is 0 Å². The Balaban J connectivity index is 2.83. The van der Waals surface area contributed by atoms with E-state index in [0.717, 1.165) is 45.9 Å². The normalized spacial score (nSPS) is 10.9. The Hall–Kier alpha value is -0.120. The molecule has 0 unspecified atom stereocenters. The molecule has 0 atom stereocenters. The molecular weight excluding hydrogens is 204 g/mol. The van der Waals surface area contributed by atoms with Gasteiger partial charge in [-0.2, -0.15) is 0 Å². The summed E-state index contributed by atoms with van der Waals surface area (Å²) in [5.41, 5.74) is 0. The van der Waals surface area contributed by atoms with Crippen LogP contribution in [0.15, 0.2) is 0 Å². The van der Waals surface area contributed by atoms with E-state index in [1.54, 1.807) is 7.11 Å². The number of rotatable bonds is 13. The van der Waals surface area contributed by atoms with E-state index in [-0.39, 0.29) is 0 Å². The molecule has 0 aromatic rings. The summed E-state index contributed by atoms with van der Waals surface area (Å²) < 4.78 is 15.9. The zero-order valence-corrected chi connectivity index (χ0v) is 11.0. The van der Waals surface area contributed by atoms with E-state index in [1.165, 1.54) is 25.7 Å². The Bertz CT molecular complexity index is 104. The van der Waals surface area contributed by atoms with Crippen molar-refractivity contribution in [3.63, 3.8) is 0 Å². The molecular formula is C13H28O3. The van der Waals surface area contributed by atoms with E-state index < -0.39 is 0 Å². The summed E-state index contributed by atoms with van der Waals surface area (Å²) in [5.74, 6) is 0. The average Bonchev–Trinajstić information content (AvgIpc) is 2.31. The van der Waals surface area contributed by atoms with Crippen LogP contribution in [-0.4, -0.2) is 40.1 Å². The van der Waals surface area contributed by atoms with Gasteiger partial charge in [0.2, 0.25) is 0 Å². The molecule has 0 aliphatic rings. The van der Waals surface area contributed by atoms with Crippen LogP contribution in [0.5, 0.6) is 0 Å². The molecule has 0 N–H and O–H groups in total. The number of hydrogen-bond acceptors (Lipinski definition) is 3. The first-order valence-electron chi connectivity index (χ1n) is 6.56. The monoisotopic (exact) mass is 232 g/mol. The maximum Gasteiger partial charge on any atom is 0.0700 e. The summed E-state index contributed by atoms with van der Waals surface area (Å²) in [7, 11) is 1.74. The Kier molecular flexibility index (Phi) is 14.8. The molecule has 0 aliphatic heterocycles. The summed E-state index contributed by atoms with van der Waals surface area (Å²) in [6.45, 7) is 6.26. The van der Waals surface area contributed by atoms with Gasteiger partial charge in [-0.25, -0.2) is 0 Å². The molecule has 98 valence electrons. The van der Waals surface area contributed by atoms with Gasteiger partial charge in [-0.15, -0.1) is 0 Å². The average molecular weight is 232 g/mol. The quantitative estimate of drug-likeness (QED) is 0.457. The maximum atomic E-state index is 5.45. The van der Waals surface area contributed by atoms with Crippen LogP contribution in [0.1, 0.15) is 45.4 Å². The SMILES string of the molecule is CCCCCOCCOCCCCCOC. The first-order valence-corrected chi connectivity index (χ1v) is 6.56. The molecule has 16 heavy (non-hydrogen) atoms. The Morgan fingerprint density at radius 1 is 0.625 bits per heavy atom. The van der Waals surface area contributed by atoms with Gasteiger partial charge in [0.1, 0.15) is 0 Å². The van der Waals surface area contributed by atoms with Crippen LogP contribution in [0.3, 0.4) is 0 Å². The number of methoxy groups -OCH3 is 1. The highest BCUT2D eigenvalue weighted by molar-refractivity contribution is 4.41. The molecule has 0 amide bonds. The van der Waals surface area contributed by atoms with Crippen LogP contribution in [0.4, 0.5) is 0 Å². The maximum absolute atomic E-state index is 5.45. The van der Waals surface area contributed by atoms with E-state index in [0.29, 0.717) is 0 Å². The molecule has 0 saturated heterocycles. The smallest absolute Gasteiger partial charge is 0.0700 e. The minimum atomic E-state index is 0.733. The largest absolute Gasteiger partial charge is 0.385 e. The standard InChI is InChI=1S/C13H28O3/c1-3-4-6-10-15-12-13-16-11-8-5-7-9-14-2/h3-13H2,1-2H3. The Morgan fingerprint density at radius 2 is 1.19 bits per heavy atom. The lowest BCUT2D eigenvalue weighted by Crippen LogP contribution is -2.06. The first-order chi connectivity index (χ1) is 7.91. The molecule has 0 rings (SSSR count). The van der Waals surface area contributed by atoms with Crippen LogP contribution < -0.4 is 0 Å². The van der Waals surface area contributed by atoms with Gasteiger partial charge >= 0.3 is 0 Å². The van der Waals surface area contributed by atoms with E-state index >= 15 is 0 Å². The van der Waals surface area contributed by atoms with Gasteiger partial charge in [-0.1, -0.05) is 19.8 Å². The van der Waals surface area contributed by atoms with Crippen molar-refractivity contribution >= 4 is 0 Å². The molecule has 0 aromatic carbocycles. The zero-order chi connectivity index (χ0) is 11.9. The second-order valence-corrected chi connectivity index (χ2v) is 3.99. The Morgan fingerprint density at radius 3 is 1.75 bits per heavy atom. The molecule has 0 fully saturated rings. The van der Waals surface area contributed by atoms with Gasteiger partial charge in [0.15, 0.2) is 0 Å². The molecule has 0 heterocycles. The lowest BCUT2D eigenvalue weighted by atomic mass is 10.2. The van der Waals surface area contributed by atoms with E-state index in [1.807, 2.05) is 0 Å². The molecule has 0 spiro atoms. The lowest BCUT2D eigenvalue weighted by Gasteiger charge is -2.05. The molecule has 0 radical (unpaired) electrons. The van der Waals surface area contributed by atoms with Crippen molar-refractivity contribution in [2.45, 2.75) is 45.4 Å². The van der Waals surface area contributed by atoms with Gasteiger partial charge in [0.25, 0.3) is 0 Å². The number of unbranched alkanes of at least 4 members (excludes halogenated alkanes) is 4. The molecule has 0 aliphatic carbocycles. The molecule has 3 heteroatoms. The zero-order valence-electron chi connectivity index (χ0n) is 11.0. The molecule has 0 saturated carbocycles. The van der Waals surface area contributed by atoms with Gasteiger partial charge in [-0.3, -0.25) is 0 Å². The van der Waals surface area contributed by atoms with Crippen LogP contribution in [0.2, 0.25) is 0 Å². The van der Waals surface area contributed by atoms with Crippen molar-refractivity contribution in [3.05, 3.63) is 0 Å². The predicted octanol–water partition coefficient (Wildman–Crippen LogP) is 3.03. The fourth-order valence-corrected chi connectivity index (χ4v) is 1.40. The van der Waals surface area contributed by atoms with Crippen molar-refractivity contribution in [1.82, 2.24) is 0 Å². The van der Waals surface area contributed by atoms with Crippen LogP contribution >= 0.6 is 0 Å². The summed E-state index contributed by atoms with van der Waals surface area (Å²) in [6.07, 6.45) is 7.13. The van der Waals surface area contributed by atoms with E-state index in [2.05, 4.69) is 6.92 Å². The van der Waals surface area contributed by atoms with Crippen molar-refractivity contribution in [2.24, 2.45) is 0 Å². The fraction of sp³-hybridized carbons (Fsp3) is 1.00. The number of hydrogen-bond donors (Lipinski definition) is 0. The van der Waals surface area contributed by atoms with E-state index in [9.17, 15) is 0 Å². The van der Waals surface area contributed by atoms with Crippen LogP contribution in [-0.2, 0) is 14.2 Å². The highest BCUT2D eigenvalue weighted by Crippen LogP contribution is 1.96. The lowest BCUT2D eigenvalue weighted by molar-refractivity contribution is 0.0445. The third-order valence-corrected chi connectivity index (χ3v) is 2.40. The minimum Gasteiger partial charge on any atom is -0.385 e.